The molecule has 0 saturated carbocycles. The van der Waals surface area contributed by atoms with Crippen molar-refractivity contribution >= 4 is 16.9 Å². The number of hydrogen-bond donors (Lipinski definition) is 2. The second-order valence-electron chi connectivity index (χ2n) is 7.56. The number of benzene rings is 2. The quantitative estimate of drug-likeness (QED) is 0.511. The molecular weight excluding hydrogens is 394 g/mol. The van der Waals surface area contributed by atoms with Crippen molar-refractivity contribution in [1.82, 2.24) is 19.7 Å². The molecule has 0 aliphatic carbocycles. The van der Waals surface area contributed by atoms with E-state index in [0.29, 0.717) is 18.1 Å². The second kappa shape index (κ2) is 8.33. The average molecular weight is 417 g/mol. The van der Waals surface area contributed by atoms with Crippen molar-refractivity contribution in [3.05, 3.63) is 60.9 Å². The van der Waals surface area contributed by atoms with E-state index in [0.717, 1.165) is 41.0 Å². The molecule has 4 aromatic rings. The zero-order valence-corrected chi connectivity index (χ0v) is 16.9. The van der Waals surface area contributed by atoms with Gasteiger partial charge in [-0.3, -0.25) is 0 Å². The van der Waals surface area contributed by atoms with Crippen molar-refractivity contribution in [3.63, 3.8) is 0 Å². The number of aliphatic hydroxyl groups excluding tert-OH is 1. The third-order valence-corrected chi connectivity index (χ3v) is 5.52. The first kappa shape index (κ1) is 19.5. The van der Waals surface area contributed by atoms with Crippen LogP contribution in [-0.4, -0.2) is 44.2 Å². The molecule has 1 aliphatic heterocycles. The summed E-state index contributed by atoms with van der Waals surface area (Å²) in [4.78, 5) is 8.63. The van der Waals surface area contributed by atoms with Gasteiger partial charge in [-0.2, -0.15) is 5.10 Å². The summed E-state index contributed by atoms with van der Waals surface area (Å²) in [5.74, 6) is 1.90. The van der Waals surface area contributed by atoms with Crippen LogP contribution in [0.15, 0.2) is 60.9 Å². The molecule has 158 valence electrons. The molecule has 2 unspecified atom stereocenters. The van der Waals surface area contributed by atoms with Crippen LogP contribution in [0.2, 0.25) is 0 Å². The molecule has 8 nitrogen and oxygen atoms in total. The number of fused-ring (bicyclic) bond motifs is 1. The number of anilines is 1. The van der Waals surface area contributed by atoms with Gasteiger partial charge in [0.1, 0.15) is 29.3 Å². The van der Waals surface area contributed by atoms with Gasteiger partial charge in [-0.05, 0) is 49.2 Å². The molecule has 0 radical (unpaired) electrons. The highest BCUT2D eigenvalue weighted by molar-refractivity contribution is 5.98. The van der Waals surface area contributed by atoms with Gasteiger partial charge >= 0.3 is 0 Å². The zero-order valence-electron chi connectivity index (χ0n) is 16.9. The monoisotopic (exact) mass is 417 g/mol. The van der Waals surface area contributed by atoms with Crippen LogP contribution in [0, 0.1) is 0 Å². The maximum atomic E-state index is 9.33. The summed E-state index contributed by atoms with van der Waals surface area (Å²) in [5, 5.41) is 14.9. The van der Waals surface area contributed by atoms with Crippen LogP contribution in [0.4, 0.5) is 5.82 Å². The first-order valence-corrected chi connectivity index (χ1v) is 10.3. The standard InChI is InChI=1S/C23H23N5O3/c24-22-20-21(15-6-9-18(10-7-15)31-17-4-2-1-3-5-17)27-28(23(20)26-14-25-22)16-8-11-19(12-29)30-13-16/h1-7,9-10,14,16,19,29H,8,11-13H2,(H2,24,25,26). The number of para-hydroxylation sites is 1. The van der Waals surface area contributed by atoms with E-state index in [1.165, 1.54) is 6.33 Å². The van der Waals surface area contributed by atoms with Gasteiger partial charge < -0.3 is 20.3 Å². The van der Waals surface area contributed by atoms with E-state index < -0.39 is 0 Å². The maximum Gasteiger partial charge on any atom is 0.164 e. The third kappa shape index (κ3) is 3.83. The lowest BCUT2D eigenvalue weighted by Gasteiger charge is -2.28. The first-order chi connectivity index (χ1) is 15.2. The van der Waals surface area contributed by atoms with Crippen molar-refractivity contribution in [3.8, 4) is 22.8 Å². The van der Waals surface area contributed by atoms with Crippen LogP contribution >= 0.6 is 0 Å². The fraction of sp³-hybridized carbons (Fsp3) is 0.261. The molecule has 3 N–H and O–H groups in total. The van der Waals surface area contributed by atoms with Gasteiger partial charge in [0.25, 0.3) is 0 Å². The highest BCUT2D eigenvalue weighted by Gasteiger charge is 2.27. The fourth-order valence-corrected chi connectivity index (χ4v) is 3.89. The smallest absolute Gasteiger partial charge is 0.164 e. The lowest BCUT2D eigenvalue weighted by atomic mass is 10.1. The Labute approximate surface area is 179 Å². The van der Waals surface area contributed by atoms with Gasteiger partial charge in [0, 0.05) is 5.56 Å². The molecule has 2 aromatic carbocycles. The van der Waals surface area contributed by atoms with E-state index in [4.69, 9.17) is 20.3 Å². The van der Waals surface area contributed by atoms with Crippen LogP contribution in [0.5, 0.6) is 11.5 Å². The number of rotatable bonds is 5. The lowest BCUT2D eigenvalue weighted by molar-refractivity contribution is -0.0403. The summed E-state index contributed by atoms with van der Waals surface area (Å²) >= 11 is 0. The highest BCUT2D eigenvalue weighted by Crippen LogP contribution is 2.35. The van der Waals surface area contributed by atoms with Crippen molar-refractivity contribution in [2.45, 2.75) is 25.0 Å². The summed E-state index contributed by atoms with van der Waals surface area (Å²) in [6.07, 6.45) is 2.95. The molecule has 0 bridgehead atoms. The highest BCUT2D eigenvalue weighted by atomic mass is 16.5. The Kier molecular flexibility index (Phi) is 5.23. The Morgan fingerprint density at radius 2 is 1.81 bits per heavy atom. The van der Waals surface area contributed by atoms with Gasteiger partial charge in [0.2, 0.25) is 0 Å². The summed E-state index contributed by atoms with van der Waals surface area (Å²) in [5.41, 5.74) is 8.53. The minimum absolute atomic E-state index is 0.0223. The Hall–Kier alpha value is -3.49. The Morgan fingerprint density at radius 3 is 2.52 bits per heavy atom. The number of hydrogen-bond acceptors (Lipinski definition) is 7. The molecule has 2 aromatic heterocycles. The molecule has 8 heteroatoms. The largest absolute Gasteiger partial charge is 0.457 e. The predicted molar refractivity (Wildman–Crippen MR) is 117 cm³/mol. The normalized spacial score (nSPS) is 18.9. The predicted octanol–water partition coefficient (Wildman–Crippen LogP) is 3.58. The lowest BCUT2D eigenvalue weighted by Crippen LogP contribution is -2.30. The van der Waals surface area contributed by atoms with E-state index in [9.17, 15) is 5.11 Å². The van der Waals surface area contributed by atoms with Crippen LogP contribution in [-0.2, 0) is 4.74 Å². The molecule has 31 heavy (non-hydrogen) atoms. The topological polar surface area (TPSA) is 108 Å². The molecule has 0 spiro atoms. The first-order valence-electron chi connectivity index (χ1n) is 10.3. The van der Waals surface area contributed by atoms with Gasteiger partial charge in [-0.15, -0.1) is 0 Å². The molecule has 1 fully saturated rings. The number of nitrogen functional groups attached to an aromatic ring is 1. The Morgan fingerprint density at radius 1 is 1.03 bits per heavy atom. The van der Waals surface area contributed by atoms with Crippen molar-refractivity contribution in [2.24, 2.45) is 0 Å². The fourth-order valence-electron chi connectivity index (χ4n) is 3.89. The van der Waals surface area contributed by atoms with Gasteiger partial charge in [0.05, 0.1) is 30.7 Å². The zero-order chi connectivity index (χ0) is 21.2. The molecule has 5 rings (SSSR count). The van der Waals surface area contributed by atoms with Gasteiger partial charge in [0.15, 0.2) is 5.65 Å². The summed E-state index contributed by atoms with van der Waals surface area (Å²) in [6.45, 7) is 0.500. The van der Waals surface area contributed by atoms with Gasteiger partial charge in [-0.25, -0.2) is 14.6 Å². The number of nitrogens with zero attached hydrogens (tertiary/aromatic N) is 4. The third-order valence-electron chi connectivity index (χ3n) is 5.52. The van der Waals surface area contributed by atoms with E-state index >= 15 is 0 Å². The van der Waals surface area contributed by atoms with E-state index in [1.807, 2.05) is 59.3 Å². The molecule has 1 saturated heterocycles. The maximum absolute atomic E-state index is 9.33. The summed E-state index contributed by atoms with van der Waals surface area (Å²) in [6, 6.07) is 17.4. The number of nitrogens with two attached hydrogens (primary N) is 1. The molecule has 3 heterocycles. The molecular formula is C23H23N5O3. The second-order valence-corrected chi connectivity index (χ2v) is 7.56. The number of aliphatic hydroxyl groups is 1. The Bertz CT molecular complexity index is 1170. The number of ether oxygens (including phenoxy) is 2. The van der Waals surface area contributed by atoms with Crippen LogP contribution in [0.3, 0.4) is 0 Å². The van der Waals surface area contributed by atoms with Gasteiger partial charge in [-0.1, -0.05) is 18.2 Å². The minimum Gasteiger partial charge on any atom is -0.457 e. The molecule has 0 amide bonds. The minimum atomic E-state index is -0.116. The summed E-state index contributed by atoms with van der Waals surface area (Å²) in [7, 11) is 0. The summed E-state index contributed by atoms with van der Waals surface area (Å²) < 4.78 is 13.5. The SMILES string of the molecule is Nc1ncnc2c1c(-c1ccc(Oc3ccccc3)cc1)nn2C1CCC(CO)OC1. The van der Waals surface area contributed by atoms with Crippen molar-refractivity contribution in [2.75, 3.05) is 18.9 Å². The van der Waals surface area contributed by atoms with Crippen LogP contribution < -0.4 is 10.5 Å². The van der Waals surface area contributed by atoms with E-state index in [2.05, 4.69) is 9.97 Å². The molecule has 1 aliphatic rings. The van der Waals surface area contributed by atoms with Crippen molar-refractivity contribution < 1.29 is 14.6 Å². The van der Waals surface area contributed by atoms with Crippen LogP contribution in [0.25, 0.3) is 22.3 Å². The number of aromatic nitrogens is 4. The van der Waals surface area contributed by atoms with E-state index in [1.54, 1.807) is 0 Å². The van der Waals surface area contributed by atoms with Crippen molar-refractivity contribution in [1.29, 1.82) is 0 Å². The average Bonchev–Trinajstić information content (AvgIpc) is 3.21. The van der Waals surface area contributed by atoms with E-state index in [-0.39, 0.29) is 18.8 Å². The Balaban J connectivity index is 1.48. The van der Waals surface area contributed by atoms with Crippen LogP contribution in [0.1, 0.15) is 18.9 Å². The molecule has 2 atom stereocenters.